The Morgan fingerprint density at radius 3 is 2.43 bits per heavy atom. The summed E-state index contributed by atoms with van der Waals surface area (Å²) in [5.74, 6) is 0.468. The highest BCUT2D eigenvalue weighted by molar-refractivity contribution is 5.81. The van der Waals surface area contributed by atoms with Gasteiger partial charge >= 0.3 is 5.97 Å². The third kappa shape index (κ3) is 7.34. The van der Waals surface area contributed by atoms with Crippen LogP contribution < -0.4 is 9.47 Å². The van der Waals surface area contributed by atoms with Crippen molar-refractivity contribution in [1.29, 1.82) is 0 Å². The summed E-state index contributed by atoms with van der Waals surface area (Å²) >= 11 is 0. The van der Waals surface area contributed by atoms with Crippen molar-refractivity contribution >= 4 is 5.97 Å². The van der Waals surface area contributed by atoms with Gasteiger partial charge in [-0.2, -0.15) is 0 Å². The molecule has 0 spiro atoms. The molecule has 0 saturated carbocycles. The average molecular weight is 296 g/mol. The summed E-state index contributed by atoms with van der Waals surface area (Å²) < 4.78 is 15.4. The highest BCUT2D eigenvalue weighted by atomic mass is 16.5. The van der Waals surface area contributed by atoms with Gasteiger partial charge in [-0.3, -0.25) is 0 Å². The lowest BCUT2D eigenvalue weighted by Crippen LogP contribution is -2.24. The van der Waals surface area contributed by atoms with E-state index < -0.39 is 18.2 Å². The van der Waals surface area contributed by atoms with Crippen LogP contribution in [0.4, 0.5) is 0 Å². The van der Waals surface area contributed by atoms with Gasteiger partial charge in [-0.1, -0.05) is 12.6 Å². The number of hydrogen-bond donors (Lipinski definition) is 2. The van der Waals surface area contributed by atoms with Crippen LogP contribution in [0.5, 0.6) is 11.5 Å². The zero-order valence-corrected chi connectivity index (χ0v) is 11.9. The van der Waals surface area contributed by atoms with Gasteiger partial charge in [0, 0.05) is 12.1 Å². The summed E-state index contributed by atoms with van der Waals surface area (Å²) in [4.78, 5) is 10.8. The Balaban J connectivity index is 2.38. The lowest BCUT2D eigenvalue weighted by molar-refractivity contribution is -0.141. The van der Waals surface area contributed by atoms with E-state index in [4.69, 9.17) is 19.3 Å². The molecule has 1 rings (SSSR count). The predicted molar refractivity (Wildman–Crippen MR) is 76.3 cm³/mol. The van der Waals surface area contributed by atoms with E-state index >= 15 is 0 Å². The number of aliphatic hydroxyl groups is 2. The van der Waals surface area contributed by atoms with Gasteiger partial charge in [0.2, 0.25) is 0 Å². The van der Waals surface area contributed by atoms with Crippen molar-refractivity contribution in [1.82, 2.24) is 0 Å². The predicted octanol–water partition coefficient (Wildman–Crippen LogP) is 0.915. The van der Waals surface area contributed by atoms with Crippen LogP contribution in [-0.4, -0.2) is 48.2 Å². The zero-order chi connectivity index (χ0) is 15.7. The van der Waals surface area contributed by atoms with Crippen molar-refractivity contribution in [3.63, 3.8) is 0 Å². The summed E-state index contributed by atoms with van der Waals surface area (Å²) in [7, 11) is 0. The van der Waals surface area contributed by atoms with E-state index in [9.17, 15) is 9.90 Å². The van der Waals surface area contributed by atoms with Crippen LogP contribution in [0.15, 0.2) is 36.9 Å². The second-order valence-electron chi connectivity index (χ2n) is 4.43. The summed E-state index contributed by atoms with van der Waals surface area (Å²) in [5, 5.41) is 18.7. The molecule has 1 aromatic carbocycles. The number of rotatable bonds is 9. The lowest BCUT2D eigenvalue weighted by atomic mass is 10.3. The average Bonchev–Trinajstić information content (AvgIpc) is 2.48. The largest absolute Gasteiger partial charge is 0.491 e. The van der Waals surface area contributed by atoms with E-state index in [1.54, 1.807) is 31.2 Å². The van der Waals surface area contributed by atoms with Crippen LogP contribution in [0.2, 0.25) is 0 Å². The Morgan fingerprint density at radius 1 is 1.24 bits per heavy atom. The van der Waals surface area contributed by atoms with Crippen molar-refractivity contribution in [2.45, 2.75) is 19.1 Å². The number of benzene rings is 1. The zero-order valence-electron chi connectivity index (χ0n) is 11.9. The van der Waals surface area contributed by atoms with Crippen LogP contribution in [-0.2, 0) is 9.53 Å². The minimum absolute atomic E-state index is 0.0235. The highest BCUT2D eigenvalue weighted by Gasteiger charge is 2.08. The van der Waals surface area contributed by atoms with E-state index in [0.29, 0.717) is 11.5 Å². The summed E-state index contributed by atoms with van der Waals surface area (Å²) in [6.07, 6.45) is -0.469. The van der Waals surface area contributed by atoms with Gasteiger partial charge in [-0.25, -0.2) is 4.79 Å². The standard InChI is InChI=1S/C15H20O6/c1-3-15(18)21-10-12(17)9-20-14-6-4-5-13(7-14)19-8-11(2)16/h3-7,11-12,16-17H,1,8-10H2,2H3. The first-order chi connectivity index (χ1) is 10.0. The van der Waals surface area contributed by atoms with Crippen molar-refractivity contribution < 1.29 is 29.2 Å². The Bertz CT molecular complexity index is 457. The maximum Gasteiger partial charge on any atom is 0.330 e. The van der Waals surface area contributed by atoms with Crippen molar-refractivity contribution in [3.05, 3.63) is 36.9 Å². The van der Waals surface area contributed by atoms with E-state index in [1.807, 2.05) is 0 Å². The van der Waals surface area contributed by atoms with Gasteiger partial charge in [-0.15, -0.1) is 0 Å². The van der Waals surface area contributed by atoms with Gasteiger partial charge < -0.3 is 24.4 Å². The highest BCUT2D eigenvalue weighted by Crippen LogP contribution is 2.19. The van der Waals surface area contributed by atoms with Crippen molar-refractivity contribution in [2.75, 3.05) is 19.8 Å². The minimum atomic E-state index is -0.934. The molecule has 0 amide bonds. The molecule has 0 saturated heterocycles. The van der Waals surface area contributed by atoms with Crippen LogP contribution >= 0.6 is 0 Å². The Morgan fingerprint density at radius 2 is 1.86 bits per heavy atom. The molecule has 0 fully saturated rings. The van der Waals surface area contributed by atoms with Gasteiger partial charge in [0.15, 0.2) is 0 Å². The number of carbonyl (C=O) groups excluding carboxylic acids is 1. The normalized spacial score (nSPS) is 13.1. The summed E-state index contributed by atoms with van der Waals surface area (Å²) in [6, 6.07) is 6.82. The first-order valence-corrected chi connectivity index (χ1v) is 6.52. The van der Waals surface area contributed by atoms with E-state index in [2.05, 4.69) is 6.58 Å². The molecule has 0 aliphatic carbocycles. The molecular formula is C15H20O6. The van der Waals surface area contributed by atoms with Crippen LogP contribution in [0.25, 0.3) is 0 Å². The second kappa shape index (κ2) is 8.99. The minimum Gasteiger partial charge on any atom is -0.491 e. The third-order valence-corrected chi connectivity index (χ3v) is 2.32. The van der Waals surface area contributed by atoms with Gasteiger partial charge in [0.05, 0.1) is 6.10 Å². The van der Waals surface area contributed by atoms with E-state index in [-0.39, 0.29) is 19.8 Å². The third-order valence-electron chi connectivity index (χ3n) is 2.32. The van der Waals surface area contributed by atoms with Gasteiger partial charge in [0.25, 0.3) is 0 Å². The molecule has 0 heterocycles. The van der Waals surface area contributed by atoms with Gasteiger partial charge in [-0.05, 0) is 19.1 Å². The second-order valence-corrected chi connectivity index (χ2v) is 4.43. The molecule has 1 aromatic rings. The molecule has 0 radical (unpaired) electrons. The Kier molecular flexibility index (Phi) is 7.28. The number of aliphatic hydroxyl groups excluding tert-OH is 2. The Hall–Kier alpha value is -2.05. The van der Waals surface area contributed by atoms with E-state index in [0.717, 1.165) is 6.08 Å². The molecule has 0 aromatic heterocycles. The van der Waals surface area contributed by atoms with Crippen molar-refractivity contribution in [2.24, 2.45) is 0 Å². The Labute approximate surface area is 123 Å². The van der Waals surface area contributed by atoms with Crippen LogP contribution in [0, 0.1) is 0 Å². The molecule has 6 heteroatoms. The first-order valence-electron chi connectivity index (χ1n) is 6.52. The fraction of sp³-hybridized carbons (Fsp3) is 0.400. The maximum atomic E-state index is 10.8. The fourth-order valence-electron chi connectivity index (χ4n) is 1.35. The molecule has 0 aliphatic rings. The molecule has 2 atom stereocenters. The smallest absolute Gasteiger partial charge is 0.330 e. The van der Waals surface area contributed by atoms with Gasteiger partial charge in [0.1, 0.15) is 37.4 Å². The van der Waals surface area contributed by atoms with Crippen LogP contribution in [0.3, 0.4) is 0 Å². The van der Waals surface area contributed by atoms with Crippen LogP contribution in [0.1, 0.15) is 6.92 Å². The quantitative estimate of drug-likeness (QED) is 0.520. The molecule has 2 unspecified atom stereocenters. The topological polar surface area (TPSA) is 85.2 Å². The molecule has 2 N–H and O–H groups in total. The number of hydrogen-bond acceptors (Lipinski definition) is 6. The number of carbonyl (C=O) groups is 1. The fourth-order valence-corrected chi connectivity index (χ4v) is 1.35. The SMILES string of the molecule is C=CC(=O)OCC(O)COc1cccc(OCC(C)O)c1. The summed E-state index contributed by atoms with van der Waals surface area (Å²) in [5.41, 5.74) is 0. The van der Waals surface area contributed by atoms with E-state index in [1.165, 1.54) is 0 Å². The number of esters is 1. The van der Waals surface area contributed by atoms with Crippen molar-refractivity contribution in [3.8, 4) is 11.5 Å². The lowest BCUT2D eigenvalue weighted by Gasteiger charge is -2.13. The summed E-state index contributed by atoms with van der Waals surface area (Å²) in [6.45, 7) is 4.88. The molecule has 0 bridgehead atoms. The first kappa shape index (κ1) is 17.0. The molecule has 6 nitrogen and oxygen atoms in total. The molecule has 0 aliphatic heterocycles. The number of ether oxygens (including phenoxy) is 3. The molecule has 21 heavy (non-hydrogen) atoms. The molecular weight excluding hydrogens is 276 g/mol. The monoisotopic (exact) mass is 296 g/mol. The molecule has 116 valence electrons. The maximum absolute atomic E-state index is 10.8.